The van der Waals surface area contributed by atoms with Crippen molar-refractivity contribution in [1.29, 1.82) is 0 Å². The molecule has 20 aromatic carbocycles. The van der Waals surface area contributed by atoms with Crippen molar-refractivity contribution in [1.82, 2.24) is 0 Å². The third-order valence-electron chi connectivity index (χ3n) is 31.6. The standard InChI is InChI=1S/C81H30O12/c1-7-88-67(82)79(68(83)89-8-2)73-56-33-20-14-13-15-17-23-16(14)24-18(20)25-26-27-28-29-32-45-41(28)57-39(26)35(24)55-37(23)44-30(17)43-36-22(15)19-21(13)34(33)59(73)46-31(19)47-51-50(46)61-49(42(29)58(75(61,73)79)40(27)38(25)56)52-48(32)66-54-53(64(44)78(65(45)54)74(55,57)80(78,69(84)90-9-3)70(85)91-10-4)63(43)76(60(36)47)77(66,62(51)52)81(76,71(86)92-11-5)72(87)93-12-6/h7-12H2,1-6H3. The second-order valence-electron chi connectivity index (χ2n) is 31.3. The molecule has 15 aliphatic carbocycles. The molecule has 0 amide bonds. The summed E-state index contributed by atoms with van der Waals surface area (Å²) in [5.41, 5.74) is -0.689. The van der Waals surface area contributed by atoms with Crippen LogP contribution >= 0.6 is 0 Å². The fourth-order valence-corrected chi connectivity index (χ4v) is 32.2. The Morgan fingerprint density at radius 1 is 0.183 bits per heavy atom. The molecule has 0 aromatic heterocycles. The highest BCUT2D eigenvalue weighted by molar-refractivity contribution is 6.74. The number of hydrogen-bond donors (Lipinski definition) is 0. The van der Waals surface area contributed by atoms with E-state index in [-0.39, 0.29) is 39.6 Å². The monoisotopic (exact) mass is 1190 g/mol. The Morgan fingerprint density at radius 2 is 0.290 bits per heavy atom. The lowest BCUT2D eigenvalue weighted by molar-refractivity contribution is -0.167. The molecule has 0 radical (unpaired) electrons. The summed E-state index contributed by atoms with van der Waals surface area (Å²) in [5, 5.41) is 44.3. The van der Waals surface area contributed by atoms with E-state index in [0.717, 1.165) is 239 Å². The topological polar surface area (TPSA) is 158 Å². The summed E-state index contributed by atoms with van der Waals surface area (Å²) in [6.07, 6.45) is 0. The highest BCUT2D eigenvalue weighted by Gasteiger charge is 3.08. The van der Waals surface area contributed by atoms with Crippen molar-refractivity contribution in [3.63, 3.8) is 0 Å². The van der Waals surface area contributed by atoms with E-state index in [0.29, 0.717) is 0 Å². The Bertz CT molecular complexity index is 8040. The molecular formula is C81H30O12. The van der Waals surface area contributed by atoms with Gasteiger partial charge in [0.15, 0.2) is 16.2 Å². The number of esters is 6. The number of hydrogen-bond acceptors (Lipinski definition) is 12. The molecule has 93 heavy (non-hydrogen) atoms. The average molecular weight is 1200 g/mol. The number of ether oxygens (including phenoxy) is 6. The van der Waals surface area contributed by atoms with Crippen LogP contribution in [0.4, 0.5) is 0 Å². The van der Waals surface area contributed by atoms with Gasteiger partial charge in [0.2, 0.25) is 0 Å². The lowest BCUT2D eigenvalue weighted by Gasteiger charge is -2.35. The average Bonchev–Trinajstić information content (AvgIpc) is 1.34. The molecule has 3 saturated carbocycles. The lowest BCUT2D eigenvalue weighted by Crippen LogP contribution is -2.39. The van der Waals surface area contributed by atoms with E-state index in [1.807, 2.05) is 41.5 Å². The largest absolute Gasteiger partial charge is 0.465 e. The summed E-state index contributed by atoms with van der Waals surface area (Å²) >= 11 is 0. The van der Waals surface area contributed by atoms with Gasteiger partial charge in [-0.15, -0.1) is 0 Å². The quantitative estimate of drug-likeness (QED) is 0.0494. The Hall–Kier alpha value is -10.2. The van der Waals surface area contributed by atoms with Gasteiger partial charge in [0.05, 0.1) is 72.1 Å². The molecule has 6 atom stereocenters. The fourth-order valence-electron chi connectivity index (χ4n) is 32.2. The third kappa shape index (κ3) is 2.16. The maximum absolute atomic E-state index is 17.3. The van der Waals surface area contributed by atoms with Crippen molar-refractivity contribution in [3.05, 3.63) is 66.8 Å². The van der Waals surface area contributed by atoms with Gasteiger partial charge < -0.3 is 28.4 Å². The SMILES string of the molecule is CCOC(=O)C1(C(=O)OCC)C23c4c5c6c7c8c9c%10c%11c%12c8c8c%13c%14c%15c%16c%17c%18c(c%11c%11c%10c%10c%19c%20c(c-5c2c2c5c%21c%22c%23c(c%24c4c7c8c%24c%14c%23c%15c4c%22c7c5c(c2%20)c2c%19c%11c%18c2c7c%174)C%2113)C%101C(C(=O)OCC)(C(=O)OCC)C961)C%161C(C(=O)OCC)(C(=O)OCC)C%12%131. The molecule has 35 rings (SSSR count). The molecule has 6 spiro atoms. The van der Waals surface area contributed by atoms with Crippen LogP contribution in [0.25, 0.3) is 227 Å². The maximum atomic E-state index is 17.3. The molecule has 12 heteroatoms. The van der Waals surface area contributed by atoms with E-state index in [9.17, 15) is 0 Å². The lowest BCUT2D eigenvalue weighted by atomic mass is 9.65. The van der Waals surface area contributed by atoms with Gasteiger partial charge in [-0.2, -0.15) is 0 Å². The Balaban J connectivity index is 1.03. The Kier molecular flexibility index (Phi) is 4.27. The van der Waals surface area contributed by atoms with Gasteiger partial charge in [-0.1, -0.05) is 0 Å². The second-order valence-corrected chi connectivity index (χ2v) is 31.3. The summed E-state index contributed by atoms with van der Waals surface area (Å²) in [4.78, 5) is 103. The highest BCUT2D eigenvalue weighted by atomic mass is 16.6. The molecule has 6 unspecified atom stereocenters. The predicted octanol–water partition coefficient (Wildman–Crippen LogP) is 13.8. The molecule has 426 valence electrons. The zero-order valence-electron chi connectivity index (χ0n) is 49.6. The molecule has 0 saturated heterocycles. The van der Waals surface area contributed by atoms with Gasteiger partial charge >= 0.3 is 35.8 Å². The molecule has 0 N–H and O–H groups in total. The van der Waals surface area contributed by atoms with Gasteiger partial charge in [-0.3, -0.25) is 28.8 Å². The van der Waals surface area contributed by atoms with Crippen LogP contribution < -0.4 is 0 Å². The molecule has 0 aliphatic heterocycles. The zero-order valence-corrected chi connectivity index (χ0v) is 49.6. The van der Waals surface area contributed by atoms with E-state index in [1.165, 1.54) is 53.9 Å². The normalized spacial score (nSPS) is 28.7. The van der Waals surface area contributed by atoms with Crippen LogP contribution in [0, 0.1) is 16.2 Å². The third-order valence-corrected chi connectivity index (χ3v) is 31.6. The maximum Gasteiger partial charge on any atom is 0.326 e. The number of benzene rings is 14. The summed E-state index contributed by atoms with van der Waals surface area (Å²) in [6, 6.07) is 0. The van der Waals surface area contributed by atoms with Crippen molar-refractivity contribution in [3.8, 4) is 11.1 Å². The van der Waals surface area contributed by atoms with Crippen LogP contribution in [0.1, 0.15) is 108 Å². The van der Waals surface area contributed by atoms with E-state index < -0.39 is 84.6 Å². The molecule has 15 aliphatic rings. The zero-order chi connectivity index (χ0) is 59.6. The molecule has 3 fully saturated rings. The second kappa shape index (κ2) is 9.60. The molecule has 0 heterocycles. The van der Waals surface area contributed by atoms with Crippen LogP contribution in [0.2, 0.25) is 0 Å². The number of carbonyl (C=O) groups excluding carboxylic acids is 6. The number of rotatable bonds is 12. The van der Waals surface area contributed by atoms with Crippen LogP contribution in [0.5, 0.6) is 0 Å². The molecule has 12 nitrogen and oxygen atoms in total. The van der Waals surface area contributed by atoms with Gasteiger partial charge in [0, 0.05) is 0 Å². The summed E-state index contributed by atoms with van der Waals surface area (Å²) in [6.45, 7) is 11.3. The Labute approximate surface area is 513 Å². The van der Waals surface area contributed by atoms with Gasteiger partial charge in [-0.05, 0) is 335 Å². The minimum Gasteiger partial charge on any atom is -0.465 e. The van der Waals surface area contributed by atoms with Gasteiger partial charge in [-0.25, -0.2) is 0 Å². The summed E-state index contributed by atoms with van der Waals surface area (Å²) in [7, 11) is 0. The first kappa shape index (κ1) is 41.3. The predicted molar refractivity (Wildman–Crippen MR) is 346 cm³/mol. The van der Waals surface area contributed by atoms with Crippen molar-refractivity contribution in [2.45, 2.75) is 74.0 Å². The van der Waals surface area contributed by atoms with Crippen molar-refractivity contribution < 1.29 is 57.2 Å². The minimum atomic E-state index is -2.03. The van der Waals surface area contributed by atoms with Gasteiger partial charge in [0.25, 0.3) is 0 Å². The summed E-state index contributed by atoms with van der Waals surface area (Å²) < 4.78 is 40.4. The molecular weight excluding hydrogens is 1160 g/mol. The highest BCUT2D eigenvalue weighted by Crippen LogP contribution is 3.05. The molecule has 20 aromatic rings. The minimum absolute atomic E-state index is 0.0134. The van der Waals surface area contributed by atoms with E-state index in [1.54, 1.807) is 0 Å². The first-order chi connectivity index (χ1) is 45.6. The smallest absolute Gasteiger partial charge is 0.326 e. The molecule has 0 bridgehead atoms. The van der Waals surface area contributed by atoms with Crippen molar-refractivity contribution in [2.24, 2.45) is 16.2 Å². The van der Waals surface area contributed by atoms with E-state index >= 15 is 28.8 Å². The van der Waals surface area contributed by atoms with Crippen LogP contribution in [-0.4, -0.2) is 75.5 Å². The van der Waals surface area contributed by atoms with Crippen LogP contribution in [-0.2, 0) is 89.7 Å². The Morgan fingerprint density at radius 3 is 0.452 bits per heavy atom. The van der Waals surface area contributed by atoms with Crippen molar-refractivity contribution in [2.75, 3.05) is 39.6 Å². The van der Waals surface area contributed by atoms with Crippen LogP contribution in [0.3, 0.4) is 0 Å². The fraction of sp³-hybridized carbons (Fsp3) is 0.259. The number of carbonyl (C=O) groups is 6. The first-order valence-electron chi connectivity index (χ1n) is 33.9. The van der Waals surface area contributed by atoms with Gasteiger partial charge in [0.1, 0.15) is 0 Å². The van der Waals surface area contributed by atoms with E-state index in [4.69, 9.17) is 28.4 Å². The van der Waals surface area contributed by atoms with Crippen LogP contribution in [0.15, 0.2) is 0 Å². The van der Waals surface area contributed by atoms with Crippen molar-refractivity contribution >= 4 is 251 Å². The van der Waals surface area contributed by atoms with E-state index in [2.05, 4.69) is 0 Å². The first-order valence-corrected chi connectivity index (χ1v) is 33.9. The summed E-state index contributed by atoms with van der Waals surface area (Å²) in [5.74, 6) is -3.49.